The van der Waals surface area contributed by atoms with E-state index >= 15 is 0 Å². The number of hydrogen-bond donors (Lipinski definition) is 1. The van der Waals surface area contributed by atoms with Crippen LogP contribution < -0.4 is 5.32 Å². The fourth-order valence-electron chi connectivity index (χ4n) is 3.78. The van der Waals surface area contributed by atoms with Crippen LogP contribution >= 0.6 is 11.3 Å². The maximum atomic E-state index is 12.6. The zero-order chi connectivity index (χ0) is 24.9. The van der Waals surface area contributed by atoms with Crippen molar-refractivity contribution >= 4 is 28.8 Å². The van der Waals surface area contributed by atoms with Gasteiger partial charge in [-0.1, -0.05) is 72.8 Å². The Labute approximate surface area is 213 Å². The molecule has 0 aliphatic rings. The molecule has 0 atom stereocenters. The fourth-order valence-corrected chi connectivity index (χ4v) is 4.72. The van der Waals surface area contributed by atoms with E-state index in [1.807, 2.05) is 72.8 Å². The molecule has 0 bridgehead atoms. The van der Waals surface area contributed by atoms with Crippen LogP contribution in [-0.2, 0) is 4.74 Å². The highest BCUT2D eigenvalue weighted by Crippen LogP contribution is 2.34. The lowest BCUT2D eigenvalue weighted by Gasteiger charge is -2.12. The fraction of sp³-hybridized carbons (Fsp3) is 0.103. The Morgan fingerprint density at radius 3 is 2.19 bits per heavy atom. The van der Waals surface area contributed by atoms with Gasteiger partial charge in [0.25, 0.3) is 0 Å². The Morgan fingerprint density at radius 2 is 1.53 bits per heavy atom. The van der Waals surface area contributed by atoms with Gasteiger partial charge in [-0.3, -0.25) is 0 Å². The number of carbonyl (C=O) groups excluding carboxylic acids is 1. The summed E-state index contributed by atoms with van der Waals surface area (Å²) in [6.07, 6.45) is 1.51. The second kappa shape index (κ2) is 10.5. The molecule has 0 aliphatic carbocycles. The number of thiazole rings is 1. The molecule has 178 valence electrons. The summed E-state index contributed by atoms with van der Waals surface area (Å²) in [5, 5.41) is 4.28. The molecule has 0 unspecified atom stereocenters. The minimum Gasteiger partial charge on any atom is -0.462 e. The molecule has 2 aromatic heterocycles. The number of benzene rings is 3. The molecule has 0 radical (unpaired) electrons. The minimum atomic E-state index is -0.470. The molecule has 0 fully saturated rings. The topological polar surface area (TPSA) is 77.0 Å². The number of anilines is 2. The molecule has 0 spiro atoms. The normalized spacial score (nSPS) is 10.7. The maximum Gasteiger partial charge on any atom is 0.343 e. The molecule has 7 heteroatoms. The number of ether oxygens (including phenoxy) is 1. The van der Waals surface area contributed by atoms with E-state index in [-0.39, 0.29) is 12.2 Å². The molecule has 5 rings (SSSR count). The van der Waals surface area contributed by atoms with Crippen LogP contribution in [0.25, 0.3) is 33.2 Å². The van der Waals surface area contributed by atoms with E-state index in [4.69, 9.17) is 9.72 Å². The van der Waals surface area contributed by atoms with Crippen molar-refractivity contribution in [1.82, 2.24) is 15.0 Å². The summed E-state index contributed by atoms with van der Waals surface area (Å²) in [5.41, 5.74) is 5.03. The van der Waals surface area contributed by atoms with Gasteiger partial charge in [-0.25, -0.2) is 19.7 Å². The van der Waals surface area contributed by atoms with E-state index in [2.05, 4.69) is 34.3 Å². The predicted octanol–water partition coefficient (Wildman–Crippen LogP) is 7.16. The average molecular weight is 493 g/mol. The van der Waals surface area contributed by atoms with Gasteiger partial charge in [0.05, 0.1) is 12.3 Å². The van der Waals surface area contributed by atoms with Crippen molar-refractivity contribution in [2.75, 3.05) is 11.9 Å². The number of rotatable bonds is 7. The SMILES string of the molecule is CCOC(=O)c1cnc(-c2ccccc2)nc1Nc1ccc(-c2nc(-c3ccccc3)sc2C)cc1. The lowest BCUT2D eigenvalue weighted by Crippen LogP contribution is -2.11. The van der Waals surface area contributed by atoms with Crippen LogP contribution in [0.2, 0.25) is 0 Å². The van der Waals surface area contributed by atoms with Crippen molar-refractivity contribution in [3.63, 3.8) is 0 Å². The van der Waals surface area contributed by atoms with E-state index in [9.17, 15) is 4.79 Å². The molecule has 36 heavy (non-hydrogen) atoms. The summed E-state index contributed by atoms with van der Waals surface area (Å²) in [4.78, 5) is 27.6. The highest BCUT2D eigenvalue weighted by atomic mass is 32.1. The molecular weight excluding hydrogens is 468 g/mol. The molecule has 3 aromatic carbocycles. The molecule has 0 amide bonds. The highest BCUT2D eigenvalue weighted by molar-refractivity contribution is 7.15. The zero-order valence-corrected chi connectivity index (χ0v) is 20.8. The van der Waals surface area contributed by atoms with Gasteiger partial charge in [0.15, 0.2) is 5.82 Å². The summed E-state index contributed by atoms with van der Waals surface area (Å²) in [6.45, 7) is 4.13. The summed E-state index contributed by atoms with van der Waals surface area (Å²) in [5.74, 6) is 0.448. The molecule has 0 saturated heterocycles. The number of aryl methyl sites for hydroxylation is 1. The number of nitrogens with one attached hydrogen (secondary N) is 1. The Morgan fingerprint density at radius 1 is 0.861 bits per heavy atom. The third-order valence-corrected chi connectivity index (χ3v) is 6.57. The first-order valence-electron chi connectivity index (χ1n) is 11.6. The largest absolute Gasteiger partial charge is 0.462 e. The lowest BCUT2D eigenvalue weighted by atomic mass is 10.1. The van der Waals surface area contributed by atoms with Crippen LogP contribution in [0, 0.1) is 6.92 Å². The van der Waals surface area contributed by atoms with Gasteiger partial charge in [0.2, 0.25) is 0 Å². The number of esters is 1. The van der Waals surface area contributed by atoms with Crippen molar-refractivity contribution in [3.05, 3.63) is 102 Å². The second-order valence-electron chi connectivity index (χ2n) is 8.03. The van der Waals surface area contributed by atoms with Crippen LogP contribution in [0.3, 0.4) is 0 Å². The number of nitrogens with zero attached hydrogens (tertiary/aromatic N) is 3. The Balaban J connectivity index is 1.44. The Bertz CT molecular complexity index is 1480. The van der Waals surface area contributed by atoms with Crippen LogP contribution in [0.15, 0.2) is 91.1 Å². The smallest absolute Gasteiger partial charge is 0.343 e. The average Bonchev–Trinajstić information content (AvgIpc) is 3.32. The highest BCUT2D eigenvalue weighted by Gasteiger charge is 2.17. The van der Waals surface area contributed by atoms with Crippen molar-refractivity contribution in [2.45, 2.75) is 13.8 Å². The molecule has 1 N–H and O–H groups in total. The van der Waals surface area contributed by atoms with E-state index in [1.165, 1.54) is 6.20 Å². The first-order chi connectivity index (χ1) is 17.6. The van der Waals surface area contributed by atoms with Gasteiger partial charge in [0, 0.05) is 33.5 Å². The monoisotopic (exact) mass is 492 g/mol. The number of aromatic nitrogens is 3. The third-order valence-electron chi connectivity index (χ3n) is 5.55. The van der Waals surface area contributed by atoms with Gasteiger partial charge in [-0.05, 0) is 26.0 Å². The zero-order valence-electron chi connectivity index (χ0n) is 19.9. The quantitative estimate of drug-likeness (QED) is 0.243. The molecule has 2 heterocycles. The summed E-state index contributed by atoms with van der Waals surface area (Å²) in [6, 6.07) is 27.8. The second-order valence-corrected chi connectivity index (χ2v) is 9.24. The first kappa shape index (κ1) is 23.4. The lowest BCUT2D eigenvalue weighted by molar-refractivity contribution is 0.0526. The molecule has 5 aromatic rings. The van der Waals surface area contributed by atoms with Crippen LogP contribution in [0.1, 0.15) is 22.2 Å². The van der Waals surface area contributed by atoms with Gasteiger partial charge >= 0.3 is 5.97 Å². The summed E-state index contributed by atoms with van der Waals surface area (Å²) < 4.78 is 5.21. The molecule has 0 saturated carbocycles. The van der Waals surface area contributed by atoms with Crippen LogP contribution in [-0.4, -0.2) is 27.5 Å². The van der Waals surface area contributed by atoms with E-state index < -0.39 is 5.97 Å². The van der Waals surface area contributed by atoms with Gasteiger partial charge in [-0.2, -0.15) is 0 Å². The van der Waals surface area contributed by atoms with E-state index in [0.29, 0.717) is 11.6 Å². The standard InChI is InChI=1S/C29H24N4O2S/c1-3-35-29(34)24-18-30-26(21-10-6-4-7-11-21)33-27(24)31-23-16-14-20(15-17-23)25-19(2)36-28(32-25)22-12-8-5-9-13-22/h4-18H,3H2,1-2H3,(H,30,31,33). The van der Waals surface area contributed by atoms with Gasteiger partial charge in [0.1, 0.15) is 16.4 Å². The van der Waals surface area contributed by atoms with Crippen molar-refractivity contribution in [3.8, 4) is 33.2 Å². The number of carbonyl (C=O) groups is 1. The first-order valence-corrected chi connectivity index (χ1v) is 12.4. The summed E-state index contributed by atoms with van der Waals surface area (Å²) in [7, 11) is 0. The van der Waals surface area contributed by atoms with Crippen molar-refractivity contribution in [2.24, 2.45) is 0 Å². The van der Waals surface area contributed by atoms with Crippen LogP contribution in [0.5, 0.6) is 0 Å². The van der Waals surface area contributed by atoms with E-state index in [0.717, 1.165) is 38.0 Å². The maximum absolute atomic E-state index is 12.6. The molecular formula is C29H24N4O2S. The van der Waals surface area contributed by atoms with Crippen molar-refractivity contribution in [1.29, 1.82) is 0 Å². The Kier molecular flexibility index (Phi) is 6.82. The number of hydrogen-bond acceptors (Lipinski definition) is 7. The van der Waals surface area contributed by atoms with Gasteiger partial charge in [-0.15, -0.1) is 11.3 Å². The van der Waals surface area contributed by atoms with E-state index in [1.54, 1.807) is 18.3 Å². The van der Waals surface area contributed by atoms with Gasteiger partial charge < -0.3 is 10.1 Å². The summed E-state index contributed by atoms with van der Waals surface area (Å²) >= 11 is 1.68. The third kappa shape index (κ3) is 5.01. The minimum absolute atomic E-state index is 0.269. The van der Waals surface area contributed by atoms with Crippen LogP contribution in [0.4, 0.5) is 11.5 Å². The molecule has 6 nitrogen and oxygen atoms in total. The van der Waals surface area contributed by atoms with Crippen molar-refractivity contribution < 1.29 is 9.53 Å². The Hall–Kier alpha value is -4.36. The molecule has 0 aliphatic heterocycles. The predicted molar refractivity (Wildman–Crippen MR) is 144 cm³/mol.